The molecule has 0 saturated carbocycles. The average Bonchev–Trinajstić information content (AvgIpc) is 2.82. The fourth-order valence-corrected chi connectivity index (χ4v) is 3.29. The first-order valence-electron chi connectivity index (χ1n) is 9.77. The van der Waals surface area contributed by atoms with Gasteiger partial charge in [0, 0.05) is 10.0 Å². The highest BCUT2D eigenvalue weighted by atomic mass is 79.9. The third-order valence-electron chi connectivity index (χ3n) is 4.51. The summed E-state index contributed by atoms with van der Waals surface area (Å²) in [4.78, 5) is 24.8. The fourth-order valence-electron chi connectivity index (χ4n) is 2.90. The summed E-state index contributed by atoms with van der Waals surface area (Å²) in [5.41, 5.74) is 1.88. The zero-order chi connectivity index (χ0) is 22.9. The highest BCUT2D eigenvalue weighted by Gasteiger charge is 2.18. The van der Waals surface area contributed by atoms with Crippen molar-refractivity contribution in [3.8, 4) is 17.2 Å². The molecule has 0 bridgehead atoms. The number of nitrogens with one attached hydrogen (secondary N) is 2. The summed E-state index contributed by atoms with van der Waals surface area (Å²) >= 11 is 3.37. The van der Waals surface area contributed by atoms with E-state index in [1.54, 1.807) is 24.3 Å². The molecule has 0 unspecified atom stereocenters. The van der Waals surface area contributed by atoms with Crippen LogP contribution in [0.2, 0.25) is 0 Å². The SMILES string of the molecule is COc1cc(C(=O)NCC(=O)Nc2ccccc2Br)cc(OC)c1OCc1ccccc1. The molecule has 0 aliphatic heterocycles. The normalized spacial score (nSPS) is 10.2. The lowest BCUT2D eigenvalue weighted by molar-refractivity contribution is -0.115. The van der Waals surface area contributed by atoms with Crippen molar-refractivity contribution in [2.24, 2.45) is 0 Å². The van der Waals surface area contributed by atoms with Crippen LogP contribution in [0.5, 0.6) is 17.2 Å². The zero-order valence-corrected chi connectivity index (χ0v) is 19.3. The number of hydrogen-bond donors (Lipinski definition) is 2. The van der Waals surface area contributed by atoms with Crippen LogP contribution in [0.3, 0.4) is 0 Å². The molecular weight excluding hydrogens is 476 g/mol. The number of rotatable bonds is 9. The number of anilines is 1. The molecule has 2 amide bonds. The van der Waals surface area contributed by atoms with Gasteiger partial charge in [-0.1, -0.05) is 42.5 Å². The molecule has 3 aromatic rings. The maximum absolute atomic E-state index is 12.6. The molecule has 0 aliphatic carbocycles. The fraction of sp³-hybridized carbons (Fsp3) is 0.167. The minimum absolute atomic E-state index is 0.197. The van der Waals surface area contributed by atoms with Crippen molar-refractivity contribution in [1.82, 2.24) is 5.32 Å². The van der Waals surface area contributed by atoms with Gasteiger partial charge in [-0.15, -0.1) is 0 Å². The second kappa shape index (κ2) is 11.2. The molecule has 3 aromatic carbocycles. The quantitative estimate of drug-likeness (QED) is 0.456. The molecule has 0 spiro atoms. The van der Waals surface area contributed by atoms with Crippen molar-refractivity contribution in [2.45, 2.75) is 6.61 Å². The lowest BCUT2D eigenvalue weighted by Crippen LogP contribution is -2.33. The van der Waals surface area contributed by atoms with Crippen LogP contribution in [0.1, 0.15) is 15.9 Å². The van der Waals surface area contributed by atoms with Crippen LogP contribution in [-0.2, 0) is 11.4 Å². The molecule has 2 N–H and O–H groups in total. The first-order valence-corrected chi connectivity index (χ1v) is 10.6. The van der Waals surface area contributed by atoms with E-state index in [1.807, 2.05) is 42.5 Å². The standard InChI is InChI=1S/C24H23BrN2O5/c1-30-20-12-17(13-21(31-2)23(20)32-15-16-8-4-3-5-9-16)24(29)26-14-22(28)27-19-11-7-6-10-18(19)25/h3-13H,14-15H2,1-2H3,(H,26,29)(H,27,28). The topological polar surface area (TPSA) is 85.9 Å². The highest BCUT2D eigenvalue weighted by molar-refractivity contribution is 9.10. The second-order valence-electron chi connectivity index (χ2n) is 6.69. The minimum Gasteiger partial charge on any atom is -0.493 e. The van der Waals surface area contributed by atoms with E-state index in [0.717, 1.165) is 10.0 Å². The van der Waals surface area contributed by atoms with Gasteiger partial charge in [0.05, 0.1) is 26.5 Å². The molecule has 3 rings (SSSR count). The van der Waals surface area contributed by atoms with Crippen LogP contribution in [0.4, 0.5) is 5.69 Å². The van der Waals surface area contributed by atoms with Gasteiger partial charge in [-0.2, -0.15) is 0 Å². The zero-order valence-electron chi connectivity index (χ0n) is 17.7. The van der Waals surface area contributed by atoms with Crippen molar-refractivity contribution >= 4 is 33.4 Å². The van der Waals surface area contributed by atoms with Crippen LogP contribution in [0.15, 0.2) is 71.2 Å². The number of para-hydroxylation sites is 1. The highest BCUT2D eigenvalue weighted by Crippen LogP contribution is 2.39. The number of carbonyl (C=O) groups is 2. The Kier molecular flexibility index (Phi) is 8.10. The molecule has 0 radical (unpaired) electrons. The summed E-state index contributed by atoms with van der Waals surface area (Å²) in [6.07, 6.45) is 0. The molecular formula is C24H23BrN2O5. The van der Waals surface area contributed by atoms with Gasteiger partial charge in [-0.3, -0.25) is 9.59 Å². The van der Waals surface area contributed by atoms with Gasteiger partial charge in [-0.25, -0.2) is 0 Å². The molecule has 7 nitrogen and oxygen atoms in total. The Morgan fingerprint density at radius 1 is 0.906 bits per heavy atom. The van der Waals surface area contributed by atoms with E-state index in [2.05, 4.69) is 26.6 Å². The van der Waals surface area contributed by atoms with E-state index in [1.165, 1.54) is 14.2 Å². The number of carbonyl (C=O) groups excluding carboxylic acids is 2. The van der Waals surface area contributed by atoms with Crippen LogP contribution in [-0.4, -0.2) is 32.6 Å². The maximum Gasteiger partial charge on any atom is 0.251 e. The molecule has 0 atom stereocenters. The van der Waals surface area contributed by atoms with Gasteiger partial charge in [0.1, 0.15) is 6.61 Å². The minimum atomic E-state index is -0.446. The number of amides is 2. The Balaban J connectivity index is 1.68. The van der Waals surface area contributed by atoms with Gasteiger partial charge in [-0.05, 0) is 45.8 Å². The summed E-state index contributed by atoms with van der Waals surface area (Å²) in [7, 11) is 2.97. The van der Waals surface area contributed by atoms with Gasteiger partial charge in [0.25, 0.3) is 5.91 Å². The summed E-state index contributed by atoms with van der Waals surface area (Å²) in [5, 5.41) is 5.33. The van der Waals surface area contributed by atoms with Gasteiger partial charge in [0.15, 0.2) is 11.5 Å². The van der Waals surface area contributed by atoms with Gasteiger partial charge < -0.3 is 24.8 Å². The number of benzene rings is 3. The summed E-state index contributed by atoms with van der Waals surface area (Å²) < 4.78 is 17.5. The Bertz CT molecular complexity index is 1060. The number of methoxy groups -OCH3 is 2. The van der Waals surface area contributed by atoms with Crippen LogP contribution < -0.4 is 24.8 Å². The summed E-state index contributed by atoms with van der Waals surface area (Å²) in [5.74, 6) is 0.291. The predicted octanol–water partition coefficient (Wildman–Crippen LogP) is 4.41. The van der Waals surface area contributed by atoms with Crippen molar-refractivity contribution in [3.05, 3.63) is 82.3 Å². The molecule has 166 valence electrons. The van der Waals surface area contributed by atoms with E-state index in [-0.39, 0.29) is 18.0 Å². The Labute approximate surface area is 194 Å². The van der Waals surface area contributed by atoms with Gasteiger partial charge in [0.2, 0.25) is 11.7 Å². The maximum atomic E-state index is 12.6. The van der Waals surface area contributed by atoms with Crippen LogP contribution in [0.25, 0.3) is 0 Å². The monoisotopic (exact) mass is 498 g/mol. The van der Waals surface area contributed by atoms with Crippen molar-refractivity contribution in [2.75, 3.05) is 26.1 Å². The first kappa shape index (κ1) is 23.1. The van der Waals surface area contributed by atoms with E-state index >= 15 is 0 Å². The smallest absolute Gasteiger partial charge is 0.251 e. The number of ether oxygens (including phenoxy) is 3. The van der Waals surface area contributed by atoms with E-state index < -0.39 is 5.91 Å². The Morgan fingerprint density at radius 2 is 1.53 bits per heavy atom. The van der Waals surface area contributed by atoms with E-state index in [9.17, 15) is 9.59 Å². The average molecular weight is 499 g/mol. The van der Waals surface area contributed by atoms with Gasteiger partial charge >= 0.3 is 0 Å². The number of hydrogen-bond acceptors (Lipinski definition) is 5. The molecule has 0 fully saturated rings. The predicted molar refractivity (Wildman–Crippen MR) is 125 cm³/mol. The summed E-state index contributed by atoms with van der Waals surface area (Å²) in [6, 6.07) is 20.0. The van der Waals surface area contributed by atoms with Crippen molar-refractivity contribution in [1.29, 1.82) is 0 Å². The first-order chi connectivity index (χ1) is 15.5. The van der Waals surface area contributed by atoms with Crippen molar-refractivity contribution < 1.29 is 23.8 Å². The molecule has 0 aliphatic rings. The Morgan fingerprint density at radius 3 is 2.16 bits per heavy atom. The van der Waals surface area contributed by atoms with Crippen LogP contribution >= 0.6 is 15.9 Å². The van der Waals surface area contributed by atoms with E-state index in [0.29, 0.717) is 29.5 Å². The van der Waals surface area contributed by atoms with Crippen LogP contribution in [0, 0.1) is 0 Å². The second-order valence-corrected chi connectivity index (χ2v) is 7.55. The molecule has 0 saturated heterocycles. The van der Waals surface area contributed by atoms with E-state index in [4.69, 9.17) is 14.2 Å². The lowest BCUT2D eigenvalue weighted by Gasteiger charge is -2.16. The summed E-state index contributed by atoms with van der Waals surface area (Å²) in [6.45, 7) is 0.116. The molecule has 0 heterocycles. The third-order valence-corrected chi connectivity index (χ3v) is 5.20. The number of halogens is 1. The largest absolute Gasteiger partial charge is 0.493 e. The molecule has 0 aromatic heterocycles. The third kappa shape index (κ3) is 6.01. The van der Waals surface area contributed by atoms with Crippen molar-refractivity contribution in [3.63, 3.8) is 0 Å². The molecule has 32 heavy (non-hydrogen) atoms. The molecule has 8 heteroatoms. The lowest BCUT2D eigenvalue weighted by atomic mass is 10.1. The Hall–Kier alpha value is -3.52.